The van der Waals surface area contributed by atoms with Gasteiger partial charge < -0.3 is 4.74 Å². The number of methoxy groups -OCH3 is 1. The van der Waals surface area contributed by atoms with Crippen LogP contribution in [0.25, 0.3) is 0 Å². The van der Waals surface area contributed by atoms with E-state index in [9.17, 15) is 0 Å². The molecule has 2 aromatic rings. The fraction of sp³-hybridized carbons (Fsp3) is 0.368. The van der Waals surface area contributed by atoms with Crippen molar-refractivity contribution in [3.8, 4) is 5.75 Å². The lowest BCUT2D eigenvalue weighted by Crippen LogP contribution is -2.10. The smallest absolute Gasteiger partial charge is 0.119 e. The molecule has 2 rings (SSSR count). The number of ether oxygens (including phenoxy) is 1. The zero-order chi connectivity index (χ0) is 14.4. The summed E-state index contributed by atoms with van der Waals surface area (Å²) < 4.78 is 5.37. The molecule has 20 heavy (non-hydrogen) atoms. The van der Waals surface area contributed by atoms with Crippen molar-refractivity contribution in [1.29, 1.82) is 0 Å². The Morgan fingerprint density at radius 1 is 0.800 bits per heavy atom. The Kier molecular flexibility index (Phi) is 5.23. The van der Waals surface area contributed by atoms with Crippen LogP contribution >= 0.6 is 0 Å². The van der Waals surface area contributed by atoms with Gasteiger partial charge in [-0.25, -0.2) is 0 Å². The Balaban J connectivity index is 2.34. The summed E-state index contributed by atoms with van der Waals surface area (Å²) in [5, 5.41) is 0. The first-order valence-corrected chi connectivity index (χ1v) is 7.49. The van der Waals surface area contributed by atoms with Gasteiger partial charge in [-0.05, 0) is 47.9 Å². The van der Waals surface area contributed by atoms with Gasteiger partial charge in [-0.2, -0.15) is 0 Å². The Hall–Kier alpha value is -1.76. The highest BCUT2D eigenvalue weighted by atomic mass is 16.5. The van der Waals surface area contributed by atoms with Gasteiger partial charge in [0, 0.05) is 0 Å². The summed E-state index contributed by atoms with van der Waals surface area (Å²) in [5.74, 6) is 2.05. The van der Waals surface area contributed by atoms with Gasteiger partial charge >= 0.3 is 0 Å². The summed E-state index contributed by atoms with van der Waals surface area (Å²) in [5.41, 5.74) is 2.81. The first kappa shape index (κ1) is 14.6. The molecular formula is C19H24O. The largest absolute Gasteiger partial charge is 0.497 e. The van der Waals surface area contributed by atoms with Crippen molar-refractivity contribution in [2.45, 2.75) is 38.5 Å². The Labute approximate surface area is 122 Å². The fourth-order valence-corrected chi connectivity index (χ4v) is 3.08. The average molecular weight is 268 g/mol. The van der Waals surface area contributed by atoms with Crippen molar-refractivity contribution in [3.05, 3.63) is 65.7 Å². The molecule has 2 aromatic carbocycles. The van der Waals surface area contributed by atoms with Crippen molar-refractivity contribution in [2.24, 2.45) is 0 Å². The van der Waals surface area contributed by atoms with Gasteiger partial charge in [0.2, 0.25) is 0 Å². The number of hydrogen-bond acceptors (Lipinski definition) is 1. The monoisotopic (exact) mass is 268 g/mol. The second kappa shape index (κ2) is 7.14. The van der Waals surface area contributed by atoms with Gasteiger partial charge in [0.05, 0.1) is 7.11 Å². The molecule has 106 valence electrons. The van der Waals surface area contributed by atoms with E-state index in [0.717, 1.165) is 18.6 Å². The standard InChI is InChI=1S/C19H24O/c1-4-18(15-10-7-6-8-11-15)19(5-2)16-12-9-13-17(14-16)20-3/h6-14,18-19H,4-5H2,1-3H3. The number of benzene rings is 2. The van der Waals surface area contributed by atoms with Crippen LogP contribution in [0, 0.1) is 0 Å². The van der Waals surface area contributed by atoms with Crippen molar-refractivity contribution < 1.29 is 4.74 Å². The molecule has 0 heterocycles. The summed E-state index contributed by atoms with van der Waals surface area (Å²) in [6, 6.07) is 19.4. The van der Waals surface area contributed by atoms with Crippen molar-refractivity contribution in [1.82, 2.24) is 0 Å². The summed E-state index contributed by atoms with van der Waals surface area (Å²) in [7, 11) is 1.73. The van der Waals surface area contributed by atoms with E-state index < -0.39 is 0 Å². The molecule has 0 saturated heterocycles. The molecule has 2 atom stereocenters. The van der Waals surface area contributed by atoms with Gasteiger partial charge in [0.25, 0.3) is 0 Å². The molecule has 0 aromatic heterocycles. The van der Waals surface area contributed by atoms with Crippen LogP contribution in [-0.4, -0.2) is 7.11 Å². The minimum absolute atomic E-state index is 0.539. The lowest BCUT2D eigenvalue weighted by molar-refractivity contribution is 0.412. The van der Waals surface area contributed by atoms with E-state index in [1.54, 1.807) is 7.11 Å². The van der Waals surface area contributed by atoms with Gasteiger partial charge in [-0.1, -0.05) is 56.3 Å². The van der Waals surface area contributed by atoms with E-state index in [4.69, 9.17) is 4.74 Å². The first-order chi connectivity index (χ1) is 9.80. The average Bonchev–Trinajstić information content (AvgIpc) is 2.53. The SMILES string of the molecule is CCC(c1ccccc1)C(CC)c1cccc(OC)c1. The lowest BCUT2D eigenvalue weighted by Gasteiger charge is -2.26. The summed E-state index contributed by atoms with van der Waals surface area (Å²) in [4.78, 5) is 0. The summed E-state index contributed by atoms with van der Waals surface area (Å²) in [6.07, 6.45) is 2.29. The zero-order valence-corrected chi connectivity index (χ0v) is 12.7. The van der Waals surface area contributed by atoms with E-state index in [-0.39, 0.29) is 0 Å². The molecule has 0 aliphatic carbocycles. The van der Waals surface area contributed by atoms with Crippen LogP contribution in [0.2, 0.25) is 0 Å². The molecule has 1 nitrogen and oxygen atoms in total. The number of rotatable bonds is 6. The van der Waals surface area contributed by atoms with E-state index in [0.29, 0.717) is 11.8 Å². The highest BCUT2D eigenvalue weighted by molar-refractivity contribution is 5.34. The van der Waals surface area contributed by atoms with Gasteiger partial charge in [0.1, 0.15) is 5.75 Å². The topological polar surface area (TPSA) is 9.23 Å². The maximum absolute atomic E-state index is 5.37. The Bertz CT molecular complexity index is 518. The molecular weight excluding hydrogens is 244 g/mol. The molecule has 0 bridgehead atoms. The lowest BCUT2D eigenvalue weighted by atomic mass is 9.78. The van der Waals surface area contributed by atoms with Crippen molar-refractivity contribution >= 4 is 0 Å². The normalized spacial score (nSPS) is 13.8. The summed E-state index contributed by atoms with van der Waals surface area (Å²) in [6.45, 7) is 4.55. The highest BCUT2D eigenvalue weighted by Gasteiger charge is 2.22. The van der Waals surface area contributed by atoms with Crippen LogP contribution in [0.15, 0.2) is 54.6 Å². The van der Waals surface area contributed by atoms with Crippen LogP contribution in [0.3, 0.4) is 0 Å². The van der Waals surface area contributed by atoms with Crippen LogP contribution in [0.1, 0.15) is 49.7 Å². The third-order valence-corrected chi connectivity index (χ3v) is 4.12. The second-order valence-corrected chi connectivity index (χ2v) is 5.22. The van der Waals surface area contributed by atoms with Gasteiger partial charge in [-0.3, -0.25) is 0 Å². The van der Waals surface area contributed by atoms with Crippen LogP contribution in [0.4, 0.5) is 0 Å². The predicted molar refractivity (Wildman–Crippen MR) is 85.5 cm³/mol. The Morgan fingerprint density at radius 2 is 1.40 bits per heavy atom. The third-order valence-electron chi connectivity index (χ3n) is 4.12. The Morgan fingerprint density at radius 3 is 2.00 bits per heavy atom. The predicted octanol–water partition coefficient (Wildman–Crippen LogP) is 5.38. The minimum Gasteiger partial charge on any atom is -0.497 e. The molecule has 0 amide bonds. The second-order valence-electron chi connectivity index (χ2n) is 5.22. The minimum atomic E-state index is 0.539. The highest BCUT2D eigenvalue weighted by Crippen LogP contribution is 2.38. The maximum atomic E-state index is 5.37. The molecule has 0 N–H and O–H groups in total. The molecule has 0 aliphatic heterocycles. The van der Waals surface area contributed by atoms with Crippen molar-refractivity contribution in [3.63, 3.8) is 0 Å². The molecule has 0 fully saturated rings. The van der Waals surface area contributed by atoms with E-state index in [2.05, 4.69) is 62.4 Å². The zero-order valence-electron chi connectivity index (χ0n) is 12.7. The molecule has 2 unspecified atom stereocenters. The quantitative estimate of drug-likeness (QED) is 0.683. The first-order valence-electron chi connectivity index (χ1n) is 7.49. The molecule has 0 spiro atoms. The van der Waals surface area contributed by atoms with Gasteiger partial charge in [-0.15, -0.1) is 0 Å². The molecule has 1 heteroatoms. The molecule has 0 saturated carbocycles. The number of hydrogen-bond donors (Lipinski definition) is 0. The third kappa shape index (κ3) is 3.22. The van der Waals surface area contributed by atoms with E-state index >= 15 is 0 Å². The van der Waals surface area contributed by atoms with Crippen LogP contribution < -0.4 is 4.74 Å². The van der Waals surface area contributed by atoms with Gasteiger partial charge in [0.15, 0.2) is 0 Å². The van der Waals surface area contributed by atoms with E-state index in [1.165, 1.54) is 11.1 Å². The van der Waals surface area contributed by atoms with Crippen LogP contribution in [0.5, 0.6) is 5.75 Å². The maximum Gasteiger partial charge on any atom is 0.119 e. The summed E-state index contributed by atoms with van der Waals surface area (Å²) >= 11 is 0. The molecule has 0 aliphatic rings. The fourth-order valence-electron chi connectivity index (χ4n) is 3.08. The van der Waals surface area contributed by atoms with E-state index in [1.807, 2.05) is 6.07 Å². The van der Waals surface area contributed by atoms with Crippen LogP contribution in [-0.2, 0) is 0 Å². The van der Waals surface area contributed by atoms with Crippen molar-refractivity contribution in [2.75, 3.05) is 7.11 Å². The molecule has 0 radical (unpaired) electrons.